The molecule has 3 N–H and O–H groups in total. The minimum absolute atomic E-state index is 0.0640. The number of rotatable bonds is 9. The highest BCUT2D eigenvalue weighted by Gasteiger charge is 2.16. The number of benzene rings is 1. The molecule has 0 aliphatic carbocycles. The Bertz CT molecular complexity index is 412. The molecule has 0 fully saturated rings. The van der Waals surface area contributed by atoms with Crippen LogP contribution in [0.4, 0.5) is 11.4 Å². The Morgan fingerprint density at radius 2 is 2.05 bits per heavy atom. The van der Waals surface area contributed by atoms with Gasteiger partial charge in [0, 0.05) is 18.2 Å². The molecule has 1 aromatic carbocycles. The van der Waals surface area contributed by atoms with E-state index in [4.69, 9.17) is 15.3 Å². The summed E-state index contributed by atoms with van der Waals surface area (Å²) in [6.45, 7) is 3.93. The van der Waals surface area contributed by atoms with Crippen molar-refractivity contribution >= 4 is 11.4 Å². The second kappa shape index (κ2) is 8.41. The van der Waals surface area contributed by atoms with Gasteiger partial charge in [0.2, 0.25) is 0 Å². The van der Waals surface area contributed by atoms with Gasteiger partial charge in [-0.2, -0.15) is 0 Å². The SMILES string of the molecule is CCCOCCOCc1cccc([N+](=O)[O-])c1NN. The lowest BCUT2D eigenvalue weighted by Crippen LogP contribution is -2.13. The van der Waals surface area contributed by atoms with Crippen molar-refractivity contribution in [2.24, 2.45) is 5.84 Å². The van der Waals surface area contributed by atoms with Crippen molar-refractivity contribution in [3.8, 4) is 0 Å². The molecule has 1 rings (SSSR count). The number of hydrogen-bond acceptors (Lipinski definition) is 6. The van der Waals surface area contributed by atoms with Crippen LogP contribution in [0.15, 0.2) is 18.2 Å². The molecule has 0 aromatic heterocycles. The van der Waals surface area contributed by atoms with E-state index in [9.17, 15) is 10.1 Å². The van der Waals surface area contributed by atoms with E-state index in [0.29, 0.717) is 25.4 Å². The summed E-state index contributed by atoms with van der Waals surface area (Å²) in [5.41, 5.74) is 3.21. The van der Waals surface area contributed by atoms with Crippen LogP contribution in [0.3, 0.4) is 0 Å². The van der Waals surface area contributed by atoms with Crippen LogP contribution in [-0.4, -0.2) is 24.7 Å². The summed E-state index contributed by atoms with van der Waals surface area (Å²) in [4.78, 5) is 10.3. The van der Waals surface area contributed by atoms with Crippen molar-refractivity contribution in [2.75, 3.05) is 25.2 Å². The number of ether oxygens (including phenoxy) is 2. The second-order valence-corrected chi connectivity index (χ2v) is 3.88. The molecule has 19 heavy (non-hydrogen) atoms. The zero-order valence-electron chi connectivity index (χ0n) is 10.9. The third-order valence-corrected chi connectivity index (χ3v) is 2.45. The van der Waals surface area contributed by atoms with Crippen molar-refractivity contribution in [3.63, 3.8) is 0 Å². The summed E-state index contributed by atoms with van der Waals surface area (Å²) in [6, 6.07) is 4.73. The largest absolute Gasteiger partial charge is 0.379 e. The fourth-order valence-electron chi connectivity index (χ4n) is 1.57. The zero-order valence-corrected chi connectivity index (χ0v) is 10.9. The Hall–Kier alpha value is -1.70. The van der Waals surface area contributed by atoms with E-state index in [2.05, 4.69) is 5.43 Å². The predicted molar refractivity (Wildman–Crippen MR) is 71.7 cm³/mol. The minimum Gasteiger partial charge on any atom is -0.379 e. The van der Waals surface area contributed by atoms with Gasteiger partial charge in [0.25, 0.3) is 5.69 Å². The van der Waals surface area contributed by atoms with Gasteiger partial charge < -0.3 is 14.9 Å². The van der Waals surface area contributed by atoms with E-state index in [1.165, 1.54) is 6.07 Å². The van der Waals surface area contributed by atoms with Crippen LogP contribution in [0.1, 0.15) is 18.9 Å². The number of nitrogens with one attached hydrogen (secondary N) is 1. The quantitative estimate of drug-likeness (QED) is 0.307. The maximum atomic E-state index is 10.8. The lowest BCUT2D eigenvalue weighted by atomic mass is 10.1. The lowest BCUT2D eigenvalue weighted by molar-refractivity contribution is -0.384. The number of nitrogen functional groups attached to an aromatic ring is 1. The first-order valence-corrected chi connectivity index (χ1v) is 6.09. The molecule has 106 valence electrons. The molecule has 0 heterocycles. The van der Waals surface area contributed by atoms with E-state index < -0.39 is 4.92 Å². The molecule has 7 nitrogen and oxygen atoms in total. The number of nitrogens with two attached hydrogens (primary N) is 1. The van der Waals surface area contributed by atoms with Crippen LogP contribution in [-0.2, 0) is 16.1 Å². The maximum absolute atomic E-state index is 10.8. The first-order chi connectivity index (χ1) is 9.20. The van der Waals surface area contributed by atoms with Gasteiger partial charge in [0.15, 0.2) is 0 Å². The molecule has 0 atom stereocenters. The summed E-state index contributed by atoms with van der Waals surface area (Å²) in [6.07, 6.45) is 0.964. The summed E-state index contributed by atoms with van der Waals surface area (Å²) in [5.74, 6) is 5.32. The van der Waals surface area contributed by atoms with Crippen LogP contribution >= 0.6 is 0 Å². The highest BCUT2D eigenvalue weighted by atomic mass is 16.6. The molecule has 0 radical (unpaired) electrons. The molecule has 0 bridgehead atoms. The van der Waals surface area contributed by atoms with E-state index in [0.717, 1.165) is 6.42 Å². The first-order valence-electron chi connectivity index (χ1n) is 6.09. The predicted octanol–water partition coefficient (Wildman–Crippen LogP) is 1.82. The van der Waals surface area contributed by atoms with Crippen molar-refractivity contribution in [3.05, 3.63) is 33.9 Å². The number of anilines is 1. The molecule has 0 aliphatic heterocycles. The minimum atomic E-state index is -0.483. The standard InChI is InChI=1S/C12H19N3O4/c1-2-6-18-7-8-19-9-10-4-3-5-11(15(16)17)12(10)14-13/h3-5,14H,2,6-9,13H2,1H3. The molecule has 0 saturated heterocycles. The Morgan fingerprint density at radius 3 is 2.68 bits per heavy atom. The van der Waals surface area contributed by atoms with Gasteiger partial charge in [-0.05, 0) is 6.42 Å². The van der Waals surface area contributed by atoms with Gasteiger partial charge >= 0.3 is 0 Å². The second-order valence-electron chi connectivity index (χ2n) is 3.88. The van der Waals surface area contributed by atoms with Gasteiger partial charge in [-0.25, -0.2) is 0 Å². The third-order valence-electron chi connectivity index (χ3n) is 2.45. The average molecular weight is 269 g/mol. The number of nitro benzene ring substituents is 1. The van der Waals surface area contributed by atoms with Crippen molar-refractivity contribution in [2.45, 2.75) is 20.0 Å². The van der Waals surface area contributed by atoms with Crippen LogP contribution in [0, 0.1) is 10.1 Å². The van der Waals surface area contributed by atoms with Crippen molar-refractivity contribution < 1.29 is 14.4 Å². The number of nitro groups is 1. The van der Waals surface area contributed by atoms with Gasteiger partial charge in [0.05, 0.1) is 24.7 Å². The highest BCUT2D eigenvalue weighted by Crippen LogP contribution is 2.27. The topological polar surface area (TPSA) is 99.6 Å². The van der Waals surface area contributed by atoms with Gasteiger partial charge in [-0.15, -0.1) is 0 Å². The van der Waals surface area contributed by atoms with E-state index in [-0.39, 0.29) is 18.0 Å². The molecular weight excluding hydrogens is 250 g/mol. The first kappa shape index (κ1) is 15.4. The molecule has 0 unspecified atom stereocenters. The molecule has 0 saturated carbocycles. The molecular formula is C12H19N3O4. The van der Waals surface area contributed by atoms with E-state index >= 15 is 0 Å². The van der Waals surface area contributed by atoms with E-state index in [1.54, 1.807) is 12.1 Å². The van der Waals surface area contributed by atoms with Gasteiger partial charge in [-0.1, -0.05) is 19.1 Å². The Balaban J connectivity index is 2.53. The summed E-state index contributed by atoms with van der Waals surface area (Å²) >= 11 is 0. The third kappa shape index (κ3) is 4.82. The van der Waals surface area contributed by atoms with E-state index in [1.807, 2.05) is 6.92 Å². The Labute approximate surface area is 111 Å². The zero-order chi connectivity index (χ0) is 14.1. The molecule has 7 heteroatoms. The highest BCUT2D eigenvalue weighted by molar-refractivity contribution is 5.65. The van der Waals surface area contributed by atoms with Gasteiger partial charge in [0.1, 0.15) is 5.69 Å². The molecule has 0 spiro atoms. The van der Waals surface area contributed by atoms with Crippen LogP contribution in [0.5, 0.6) is 0 Å². The normalized spacial score (nSPS) is 10.4. The van der Waals surface area contributed by atoms with Crippen LogP contribution in [0.2, 0.25) is 0 Å². The summed E-state index contributed by atoms with van der Waals surface area (Å²) in [7, 11) is 0. The number of para-hydroxylation sites is 1. The van der Waals surface area contributed by atoms with Crippen molar-refractivity contribution in [1.29, 1.82) is 0 Å². The number of hydrogen-bond donors (Lipinski definition) is 2. The molecule has 0 amide bonds. The fourth-order valence-corrected chi connectivity index (χ4v) is 1.57. The number of nitrogens with zero attached hydrogens (tertiary/aromatic N) is 1. The van der Waals surface area contributed by atoms with Gasteiger partial charge in [-0.3, -0.25) is 16.0 Å². The molecule has 1 aromatic rings. The monoisotopic (exact) mass is 269 g/mol. The van der Waals surface area contributed by atoms with Crippen LogP contribution < -0.4 is 11.3 Å². The lowest BCUT2D eigenvalue weighted by Gasteiger charge is -2.10. The number of hydrazine groups is 1. The van der Waals surface area contributed by atoms with Crippen molar-refractivity contribution in [1.82, 2.24) is 0 Å². The smallest absolute Gasteiger partial charge is 0.294 e. The Kier molecular flexibility index (Phi) is 6.80. The maximum Gasteiger partial charge on any atom is 0.294 e. The summed E-state index contributed by atoms with van der Waals surface area (Å²) < 4.78 is 10.7. The molecule has 0 aliphatic rings. The van der Waals surface area contributed by atoms with Crippen LogP contribution in [0.25, 0.3) is 0 Å². The fraction of sp³-hybridized carbons (Fsp3) is 0.500. The summed E-state index contributed by atoms with van der Waals surface area (Å²) in [5, 5.41) is 10.8. The Morgan fingerprint density at radius 1 is 1.32 bits per heavy atom. The average Bonchev–Trinajstić information content (AvgIpc) is 2.42.